The van der Waals surface area contributed by atoms with E-state index < -0.39 is 0 Å². The molecule has 4 heteroatoms. The van der Waals surface area contributed by atoms with Gasteiger partial charge in [0.2, 0.25) is 5.88 Å². The van der Waals surface area contributed by atoms with Gasteiger partial charge >= 0.3 is 0 Å². The van der Waals surface area contributed by atoms with Crippen LogP contribution in [-0.2, 0) is 6.54 Å². The molecule has 1 rings (SSSR count). The standard InChI is InChI=1S/C8H14N2OS/c1-6(2)9-5-7-4-8(11-3)10-12-7/h4,6,9H,5H2,1-3H3. The molecule has 68 valence electrons. The lowest BCUT2D eigenvalue weighted by molar-refractivity contribution is 0.402. The molecule has 0 bridgehead atoms. The van der Waals surface area contributed by atoms with Crippen LogP contribution in [0.2, 0.25) is 0 Å². The summed E-state index contributed by atoms with van der Waals surface area (Å²) in [5.74, 6) is 0.709. The molecule has 0 saturated carbocycles. The maximum Gasteiger partial charge on any atom is 0.225 e. The van der Waals surface area contributed by atoms with Gasteiger partial charge in [-0.05, 0) is 11.5 Å². The van der Waals surface area contributed by atoms with Crippen molar-refractivity contribution in [1.29, 1.82) is 0 Å². The first-order valence-corrected chi connectivity index (χ1v) is 4.72. The number of hydrogen-bond acceptors (Lipinski definition) is 4. The third-order valence-corrected chi connectivity index (χ3v) is 2.20. The Hall–Kier alpha value is -0.610. The summed E-state index contributed by atoms with van der Waals surface area (Å²) in [6.45, 7) is 5.12. The lowest BCUT2D eigenvalue weighted by Crippen LogP contribution is -2.21. The van der Waals surface area contributed by atoms with Crippen molar-refractivity contribution in [2.45, 2.75) is 26.4 Å². The van der Waals surface area contributed by atoms with Crippen LogP contribution in [0.5, 0.6) is 5.88 Å². The molecule has 1 heterocycles. The number of ether oxygens (including phenoxy) is 1. The number of rotatable bonds is 4. The Morgan fingerprint density at radius 3 is 2.92 bits per heavy atom. The second kappa shape index (κ2) is 4.42. The van der Waals surface area contributed by atoms with Crippen LogP contribution in [-0.4, -0.2) is 17.5 Å². The number of hydrogen-bond donors (Lipinski definition) is 1. The summed E-state index contributed by atoms with van der Waals surface area (Å²) in [6, 6.07) is 2.47. The van der Waals surface area contributed by atoms with Gasteiger partial charge in [-0.2, -0.15) is 4.37 Å². The fraction of sp³-hybridized carbons (Fsp3) is 0.625. The third-order valence-electron chi connectivity index (χ3n) is 1.43. The average molecular weight is 186 g/mol. The number of nitrogens with zero attached hydrogens (tertiary/aromatic N) is 1. The molecular formula is C8H14N2OS. The zero-order valence-electron chi connectivity index (χ0n) is 7.63. The number of nitrogens with one attached hydrogen (secondary N) is 1. The molecular weight excluding hydrogens is 172 g/mol. The zero-order valence-corrected chi connectivity index (χ0v) is 8.44. The summed E-state index contributed by atoms with van der Waals surface area (Å²) in [5.41, 5.74) is 0. The Bertz CT molecular complexity index is 235. The molecule has 1 N–H and O–H groups in total. The van der Waals surface area contributed by atoms with E-state index >= 15 is 0 Å². The van der Waals surface area contributed by atoms with Gasteiger partial charge in [0.05, 0.1) is 7.11 Å². The first kappa shape index (κ1) is 9.48. The molecule has 0 spiro atoms. The Morgan fingerprint density at radius 1 is 1.67 bits per heavy atom. The van der Waals surface area contributed by atoms with Gasteiger partial charge in [0.25, 0.3) is 0 Å². The summed E-state index contributed by atoms with van der Waals surface area (Å²) in [5, 5.41) is 3.31. The van der Waals surface area contributed by atoms with Gasteiger partial charge in [0, 0.05) is 23.5 Å². The van der Waals surface area contributed by atoms with Crippen LogP contribution >= 0.6 is 11.5 Å². The first-order valence-electron chi connectivity index (χ1n) is 3.95. The third kappa shape index (κ3) is 2.79. The molecule has 0 aliphatic heterocycles. The predicted octanol–water partition coefficient (Wildman–Crippen LogP) is 1.65. The monoisotopic (exact) mass is 186 g/mol. The second-order valence-corrected chi connectivity index (χ2v) is 3.76. The topological polar surface area (TPSA) is 34.1 Å². The van der Waals surface area contributed by atoms with Gasteiger partial charge < -0.3 is 10.1 Å². The quantitative estimate of drug-likeness (QED) is 0.776. The van der Waals surface area contributed by atoms with E-state index in [9.17, 15) is 0 Å². The molecule has 0 unspecified atom stereocenters. The fourth-order valence-corrected chi connectivity index (χ4v) is 1.41. The highest BCUT2D eigenvalue weighted by atomic mass is 32.1. The molecule has 0 aliphatic rings. The zero-order chi connectivity index (χ0) is 8.97. The van der Waals surface area contributed by atoms with E-state index in [0.29, 0.717) is 11.9 Å². The molecule has 0 aliphatic carbocycles. The Morgan fingerprint density at radius 2 is 2.42 bits per heavy atom. The number of methoxy groups -OCH3 is 1. The van der Waals surface area contributed by atoms with Crippen LogP contribution in [0, 0.1) is 0 Å². The van der Waals surface area contributed by atoms with Crippen molar-refractivity contribution >= 4 is 11.5 Å². The van der Waals surface area contributed by atoms with Gasteiger partial charge in [0.15, 0.2) is 0 Å². The Labute approximate surface area is 76.9 Å². The van der Waals surface area contributed by atoms with Crippen LogP contribution in [0.3, 0.4) is 0 Å². The van der Waals surface area contributed by atoms with Crippen molar-refractivity contribution < 1.29 is 4.74 Å². The smallest absolute Gasteiger partial charge is 0.225 e. The van der Waals surface area contributed by atoms with Crippen LogP contribution in [0.4, 0.5) is 0 Å². The Kier molecular flexibility index (Phi) is 3.49. The van der Waals surface area contributed by atoms with E-state index in [4.69, 9.17) is 4.74 Å². The molecule has 0 saturated heterocycles. The van der Waals surface area contributed by atoms with Crippen LogP contribution in [0.15, 0.2) is 6.07 Å². The maximum atomic E-state index is 4.97. The van der Waals surface area contributed by atoms with Crippen molar-refractivity contribution in [2.24, 2.45) is 0 Å². The molecule has 0 amide bonds. The summed E-state index contributed by atoms with van der Waals surface area (Å²) in [4.78, 5) is 1.21. The lowest BCUT2D eigenvalue weighted by atomic mass is 10.4. The SMILES string of the molecule is COc1cc(CNC(C)C)sn1. The van der Waals surface area contributed by atoms with Crippen LogP contribution in [0.1, 0.15) is 18.7 Å². The Balaban J connectivity index is 2.41. The van der Waals surface area contributed by atoms with Gasteiger partial charge in [-0.15, -0.1) is 0 Å². The highest BCUT2D eigenvalue weighted by Crippen LogP contribution is 2.15. The maximum absolute atomic E-state index is 4.97. The van der Waals surface area contributed by atoms with Crippen molar-refractivity contribution in [3.63, 3.8) is 0 Å². The summed E-state index contributed by atoms with van der Waals surface area (Å²) >= 11 is 1.48. The van der Waals surface area contributed by atoms with Gasteiger partial charge in [0.1, 0.15) is 0 Å². The summed E-state index contributed by atoms with van der Waals surface area (Å²) < 4.78 is 9.07. The molecule has 3 nitrogen and oxygen atoms in total. The minimum absolute atomic E-state index is 0.512. The second-order valence-electron chi connectivity index (χ2n) is 2.87. The molecule has 0 aromatic carbocycles. The largest absolute Gasteiger partial charge is 0.480 e. The minimum atomic E-state index is 0.512. The van der Waals surface area contributed by atoms with Gasteiger partial charge in [-0.1, -0.05) is 13.8 Å². The molecule has 1 aromatic rings. The van der Waals surface area contributed by atoms with E-state index in [-0.39, 0.29) is 0 Å². The van der Waals surface area contributed by atoms with Crippen LogP contribution in [0.25, 0.3) is 0 Å². The molecule has 1 aromatic heterocycles. The molecule has 0 atom stereocenters. The normalized spacial score (nSPS) is 10.7. The van der Waals surface area contributed by atoms with Crippen molar-refractivity contribution in [3.05, 3.63) is 10.9 Å². The van der Waals surface area contributed by atoms with E-state index in [2.05, 4.69) is 23.5 Å². The first-order chi connectivity index (χ1) is 5.72. The van der Waals surface area contributed by atoms with E-state index in [1.54, 1.807) is 7.11 Å². The van der Waals surface area contributed by atoms with E-state index in [1.165, 1.54) is 16.4 Å². The summed E-state index contributed by atoms with van der Waals surface area (Å²) in [6.07, 6.45) is 0. The van der Waals surface area contributed by atoms with Gasteiger partial charge in [-0.25, -0.2) is 0 Å². The predicted molar refractivity (Wildman–Crippen MR) is 50.6 cm³/mol. The lowest BCUT2D eigenvalue weighted by Gasteiger charge is -2.04. The van der Waals surface area contributed by atoms with Crippen molar-refractivity contribution in [3.8, 4) is 5.88 Å². The summed E-state index contributed by atoms with van der Waals surface area (Å²) in [7, 11) is 1.63. The average Bonchev–Trinajstić information content (AvgIpc) is 2.48. The number of aromatic nitrogens is 1. The van der Waals surface area contributed by atoms with Crippen molar-refractivity contribution in [2.75, 3.05) is 7.11 Å². The van der Waals surface area contributed by atoms with Crippen molar-refractivity contribution in [1.82, 2.24) is 9.69 Å². The molecule has 12 heavy (non-hydrogen) atoms. The van der Waals surface area contributed by atoms with Crippen LogP contribution < -0.4 is 10.1 Å². The molecule has 0 fully saturated rings. The van der Waals surface area contributed by atoms with E-state index in [1.807, 2.05) is 6.07 Å². The highest BCUT2D eigenvalue weighted by molar-refractivity contribution is 7.05. The minimum Gasteiger partial charge on any atom is -0.480 e. The fourth-order valence-electron chi connectivity index (χ4n) is 0.778. The molecule has 0 radical (unpaired) electrons. The van der Waals surface area contributed by atoms with E-state index in [0.717, 1.165) is 6.54 Å². The highest BCUT2D eigenvalue weighted by Gasteiger charge is 2.01. The van der Waals surface area contributed by atoms with Gasteiger partial charge in [-0.3, -0.25) is 0 Å².